The van der Waals surface area contributed by atoms with Crippen molar-refractivity contribution in [3.8, 4) is 0 Å². The number of carbonyl (C=O) groups is 2. The Kier molecular flexibility index (Phi) is 6.89. The number of anilines is 1. The van der Waals surface area contributed by atoms with Crippen LogP contribution in [-0.4, -0.2) is 47.7 Å². The highest BCUT2D eigenvalue weighted by molar-refractivity contribution is 8.00. The summed E-state index contributed by atoms with van der Waals surface area (Å²) in [6, 6.07) is 9.19. The molecule has 1 heterocycles. The quantitative estimate of drug-likeness (QED) is 0.639. The highest BCUT2D eigenvalue weighted by Gasteiger charge is 2.35. The van der Waals surface area contributed by atoms with Crippen molar-refractivity contribution in [2.24, 2.45) is 0 Å². The molecule has 0 radical (unpaired) electrons. The number of carbonyl (C=O) groups excluding carboxylic acids is 1. The van der Waals surface area contributed by atoms with Gasteiger partial charge in [-0.25, -0.2) is 9.18 Å². The predicted octanol–water partition coefficient (Wildman–Crippen LogP) is 3.16. The van der Waals surface area contributed by atoms with E-state index in [0.29, 0.717) is 23.2 Å². The third-order valence-electron chi connectivity index (χ3n) is 4.81. The van der Waals surface area contributed by atoms with Gasteiger partial charge in [-0.2, -0.15) is 0 Å². The zero-order valence-electron chi connectivity index (χ0n) is 15.9. The second kappa shape index (κ2) is 9.39. The van der Waals surface area contributed by atoms with E-state index in [1.807, 2.05) is 0 Å². The number of aromatic carboxylic acids is 1. The fourth-order valence-electron chi connectivity index (χ4n) is 3.43. The number of benzene rings is 2. The summed E-state index contributed by atoms with van der Waals surface area (Å²) in [5.74, 6) is -1.19. The molecule has 0 spiro atoms. The highest BCUT2D eigenvalue weighted by atomic mass is 32.2. The third kappa shape index (κ3) is 4.60. The van der Waals surface area contributed by atoms with Gasteiger partial charge in [0.2, 0.25) is 5.91 Å². The number of halogens is 1. The first-order valence-corrected chi connectivity index (χ1v) is 10.2. The van der Waals surface area contributed by atoms with E-state index in [0.717, 1.165) is 5.56 Å². The summed E-state index contributed by atoms with van der Waals surface area (Å²) in [7, 11) is 0. The number of carboxylic acid groups (broad SMARTS) is 1. The molecule has 29 heavy (non-hydrogen) atoms. The fraction of sp³-hybridized carbons (Fsp3) is 0.333. The Morgan fingerprint density at radius 3 is 2.62 bits per heavy atom. The number of nitrogens with zero attached hydrogens (tertiary/aromatic N) is 1. The summed E-state index contributed by atoms with van der Waals surface area (Å²) >= 11 is 1.45. The molecular formula is C21H22FNO5S. The molecule has 1 atom stereocenters. The molecule has 2 N–H and O–H groups in total. The minimum Gasteiger partial charge on any atom is -0.478 e. The first kappa shape index (κ1) is 21.3. The lowest BCUT2D eigenvalue weighted by Gasteiger charge is -2.27. The van der Waals surface area contributed by atoms with E-state index in [-0.39, 0.29) is 48.2 Å². The second-order valence-electron chi connectivity index (χ2n) is 6.61. The summed E-state index contributed by atoms with van der Waals surface area (Å²) in [5, 5.41) is 18.1. The van der Waals surface area contributed by atoms with E-state index < -0.39 is 5.97 Å². The van der Waals surface area contributed by atoms with Gasteiger partial charge in [0.1, 0.15) is 11.2 Å². The summed E-state index contributed by atoms with van der Waals surface area (Å²) in [6.45, 7) is 2.12. The number of ether oxygens (including phenoxy) is 1. The normalized spacial score (nSPS) is 16.4. The monoisotopic (exact) mass is 419 g/mol. The van der Waals surface area contributed by atoms with Crippen LogP contribution in [0.15, 0.2) is 36.4 Å². The number of hydrogen-bond donors (Lipinski definition) is 2. The Morgan fingerprint density at radius 2 is 1.97 bits per heavy atom. The number of rotatable bonds is 8. The number of carboxylic acids is 1. The van der Waals surface area contributed by atoms with Crippen LogP contribution in [0.3, 0.4) is 0 Å². The molecule has 154 valence electrons. The standard InChI is InChI=1S/C21H22FNO5S/c1-13-16(8-10-28-11-9-24)17(21(26)27)6-7-18(13)23-19(25)12-29-20(23)14-2-4-15(22)5-3-14/h2-7,20,24H,8-12H2,1H3,(H,26,27). The molecule has 1 aliphatic rings. The van der Waals surface area contributed by atoms with Crippen molar-refractivity contribution in [1.29, 1.82) is 0 Å². The lowest BCUT2D eigenvalue weighted by Crippen LogP contribution is -2.29. The maximum absolute atomic E-state index is 13.3. The van der Waals surface area contributed by atoms with Crippen LogP contribution in [0, 0.1) is 12.7 Å². The highest BCUT2D eigenvalue weighted by Crippen LogP contribution is 2.43. The molecule has 3 rings (SSSR count). The van der Waals surface area contributed by atoms with Gasteiger partial charge in [-0.05, 0) is 54.3 Å². The van der Waals surface area contributed by atoms with Crippen molar-refractivity contribution in [1.82, 2.24) is 0 Å². The molecule has 1 saturated heterocycles. The topological polar surface area (TPSA) is 87.1 Å². The zero-order valence-corrected chi connectivity index (χ0v) is 16.7. The SMILES string of the molecule is Cc1c(N2C(=O)CSC2c2ccc(F)cc2)ccc(C(=O)O)c1CCOCCO. The number of hydrogen-bond acceptors (Lipinski definition) is 5. The summed E-state index contributed by atoms with van der Waals surface area (Å²) in [5.41, 5.74) is 2.89. The minimum absolute atomic E-state index is 0.0852. The molecule has 1 amide bonds. The molecule has 8 heteroatoms. The van der Waals surface area contributed by atoms with Crippen LogP contribution in [0.5, 0.6) is 0 Å². The Hall–Kier alpha value is -2.42. The molecule has 1 aliphatic heterocycles. The van der Waals surface area contributed by atoms with Crippen LogP contribution in [0.2, 0.25) is 0 Å². The van der Waals surface area contributed by atoms with E-state index >= 15 is 0 Å². The first-order chi connectivity index (χ1) is 13.9. The number of aliphatic hydroxyl groups excluding tert-OH is 1. The zero-order chi connectivity index (χ0) is 21.0. The molecule has 0 bridgehead atoms. The average molecular weight is 419 g/mol. The molecule has 0 aliphatic carbocycles. The van der Waals surface area contributed by atoms with E-state index in [9.17, 15) is 19.1 Å². The van der Waals surface area contributed by atoms with E-state index in [2.05, 4.69) is 0 Å². The van der Waals surface area contributed by atoms with Gasteiger partial charge < -0.3 is 14.9 Å². The van der Waals surface area contributed by atoms with Crippen molar-refractivity contribution in [2.45, 2.75) is 18.7 Å². The predicted molar refractivity (Wildman–Crippen MR) is 109 cm³/mol. The number of aliphatic hydroxyl groups is 1. The second-order valence-corrected chi connectivity index (χ2v) is 7.67. The van der Waals surface area contributed by atoms with Gasteiger partial charge in [0.25, 0.3) is 0 Å². The van der Waals surface area contributed by atoms with Crippen molar-refractivity contribution in [3.05, 3.63) is 64.5 Å². The number of amides is 1. The van der Waals surface area contributed by atoms with Gasteiger partial charge in [-0.3, -0.25) is 9.69 Å². The van der Waals surface area contributed by atoms with Crippen molar-refractivity contribution >= 4 is 29.3 Å². The first-order valence-electron chi connectivity index (χ1n) is 9.17. The van der Waals surface area contributed by atoms with Crippen LogP contribution >= 0.6 is 11.8 Å². The molecule has 2 aromatic rings. The minimum atomic E-state index is -1.05. The number of thioether (sulfide) groups is 1. The lowest BCUT2D eigenvalue weighted by molar-refractivity contribution is -0.115. The van der Waals surface area contributed by atoms with Gasteiger partial charge in [0.15, 0.2) is 0 Å². The van der Waals surface area contributed by atoms with Crippen LogP contribution in [-0.2, 0) is 16.0 Å². The van der Waals surface area contributed by atoms with Crippen LogP contribution in [0.4, 0.5) is 10.1 Å². The van der Waals surface area contributed by atoms with Crippen molar-refractivity contribution < 1.29 is 28.9 Å². The van der Waals surface area contributed by atoms with Crippen molar-refractivity contribution in [2.75, 3.05) is 30.5 Å². The molecule has 1 unspecified atom stereocenters. The van der Waals surface area contributed by atoms with Gasteiger partial charge in [-0.15, -0.1) is 11.8 Å². The van der Waals surface area contributed by atoms with Gasteiger partial charge >= 0.3 is 5.97 Å². The van der Waals surface area contributed by atoms with E-state index in [4.69, 9.17) is 9.84 Å². The smallest absolute Gasteiger partial charge is 0.335 e. The van der Waals surface area contributed by atoms with Crippen LogP contribution in [0.1, 0.15) is 32.4 Å². The largest absolute Gasteiger partial charge is 0.478 e. The van der Waals surface area contributed by atoms with Gasteiger partial charge in [0.05, 0.1) is 31.1 Å². The van der Waals surface area contributed by atoms with Gasteiger partial charge in [-0.1, -0.05) is 12.1 Å². The molecular weight excluding hydrogens is 397 g/mol. The van der Waals surface area contributed by atoms with E-state index in [1.54, 1.807) is 30.0 Å². The van der Waals surface area contributed by atoms with Crippen molar-refractivity contribution in [3.63, 3.8) is 0 Å². The summed E-state index contributed by atoms with van der Waals surface area (Å²) in [6.07, 6.45) is 0.345. The lowest BCUT2D eigenvalue weighted by atomic mass is 9.96. The summed E-state index contributed by atoms with van der Waals surface area (Å²) in [4.78, 5) is 26.0. The molecule has 2 aromatic carbocycles. The molecule has 0 saturated carbocycles. The maximum Gasteiger partial charge on any atom is 0.335 e. The third-order valence-corrected chi connectivity index (χ3v) is 6.03. The molecule has 0 aromatic heterocycles. The molecule has 1 fully saturated rings. The van der Waals surface area contributed by atoms with Crippen LogP contribution in [0.25, 0.3) is 0 Å². The maximum atomic E-state index is 13.3. The Labute approximate surface area is 172 Å². The molecule has 6 nitrogen and oxygen atoms in total. The fourth-order valence-corrected chi connectivity index (χ4v) is 4.60. The Morgan fingerprint density at radius 1 is 1.24 bits per heavy atom. The Bertz CT molecular complexity index is 903. The van der Waals surface area contributed by atoms with Crippen LogP contribution < -0.4 is 4.90 Å². The Balaban J connectivity index is 1.98. The van der Waals surface area contributed by atoms with Gasteiger partial charge in [0, 0.05) is 5.69 Å². The summed E-state index contributed by atoms with van der Waals surface area (Å²) < 4.78 is 18.6. The average Bonchev–Trinajstić information content (AvgIpc) is 3.07. The van der Waals surface area contributed by atoms with E-state index in [1.165, 1.54) is 30.0 Å².